The third-order valence-electron chi connectivity index (χ3n) is 4.84. The van der Waals surface area contributed by atoms with Crippen molar-refractivity contribution in [3.05, 3.63) is 113 Å². The van der Waals surface area contributed by atoms with Crippen molar-refractivity contribution in [1.82, 2.24) is 0 Å². The molecule has 6 heteroatoms. The molecular weight excluding hydrogens is 438 g/mol. The number of hydrogen-bond donors (Lipinski definition) is 1. The van der Waals surface area contributed by atoms with Crippen molar-refractivity contribution in [1.29, 1.82) is 0 Å². The van der Waals surface area contributed by atoms with E-state index in [0.717, 1.165) is 11.3 Å². The summed E-state index contributed by atoms with van der Waals surface area (Å²) in [5.41, 5.74) is 1.91. The zero-order valence-electron chi connectivity index (χ0n) is 18.0. The van der Waals surface area contributed by atoms with Crippen molar-refractivity contribution in [2.75, 3.05) is 12.4 Å². The molecule has 0 radical (unpaired) electrons. The summed E-state index contributed by atoms with van der Waals surface area (Å²) in [6.07, 6.45) is 0. The molecule has 0 bridgehead atoms. The van der Waals surface area contributed by atoms with Crippen molar-refractivity contribution in [3.8, 4) is 23.0 Å². The fourth-order valence-electron chi connectivity index (χ4n) is 3.16. The van der Waals surface area contributed by atoms with Crippen LogP contribution in [0.15, 0.2) is 97.1 Å². The third-order valence-corrected chi connectivity index (χ3v) is 5.09. The highest BCUT2D eigenvalue weighted by molar-refractivity contribution is 6.30. The fraction of sp³-hybridized carbons (Fsp3) is 0.0741. The number of carbonyl (C=O) groups is 1. The second-order valence-corrected chi connectivity index (χ2v) is 7.60. The monoisotopic (exact) mass is 459 g/mol. The molecule has 0 aromatic heterocycles. The summed E-state index contributed by atoms with van der Waals surface area (Å²) < 4.78 is 17.0. The van der Waals surface area contributed by atoms with E-state index in [0.29, 0.717) is 33.5 Å². The molecule has 166 valence electrons. The number of ether oxygens (including phenoxy) is 3. The minimum atomic E-state index is -0.234. The number of benzene rings is 4. The van der Waals surface area contributed by atoms with E-state index in [1.807, 2.05) is 42.5 Å². The van der Waals surface area contributed by atoms with Gasteiger partial charge < -0.3 is 19.5 Å². The first-order valence-corrected chi connectivity index (χ1v) is 10.7. The van der Waals surface area contributed by atoms with Crippen molar-refractivity contribution in [3.63, 3.8) is 0 Å². The number of anilines is 1. The van der Waals surface area contributed by atoms with E-state index in [1.54, 1.807) is 61.7 Å². The molecule has 1 amide bonds. The number of carbonyl (C=O) groups excluding carboxylic acids is 1. The topological polar surface area (TPSA) is 56.8 Å². The van der Waals surface area contributed by atoms with Crippen LogP contribution in [0.25, 0.3) is 0 Å². The molecule has 0 spiro atoms. The Balaban J connectivity index is 1.42. The van der Waals surface area contributed by atoms with Crippen LogP contribution in [0.3, 0.4) is 0 Å². The smallest absolute Gasteiger partial charge is 0.255 e. The Morgan fingerprint density at radius 3 is 2.18 bits per heavy atom. The number of hydrogen-bond acceptors (Lipinski definition) is 4. The van der Waals surface area contributed by atoms with Gasteiger partial charge in [0.2, 0.25) is 0 Å². The molecular formula is C27H22ClNO4. The minimum absolute atomic E-state index is 0.234. The average Bonchev–Trinajstić information content (AvgIpc) is 2.85. The van der Waals surface area contributed by atoms with Gasteiger partial charge in [-0.3, -0.25) is 4.79 Å². The quantitative estimate of drug-likeness (QED) is 0.309. The van der Waals surface area contributed by atoms with Crippen molar-refractivity contribution in [2.24, 2.45) is 0 Å². The highest BCUT2D eigenvalue weighted by atomic mass is 35.5. The summed E-state index contributed by atoms with van der Waals surface area (Å²) >= 11 is 5.92. The molecule has 0 aliphatic carbocycles. The SMILES string of the molecule is COc1ccc(C(=O)Nc2ccc(Oc3ccccc3)cc2)cc1COc1ccc(Cl)cc1. The van der Waals surface area contributed by atoms with Gasteiger partial charge in [-0.2, -0.15) is 0 Å². The second-order valence-electron chi connectivity index (χ2n) is 7.16. The molecule has 4 aromatic rings. The van der Waals surface area contributed by atoms with Gasteiger partial charge in [-0.05, 0) is 78.9 Å². The maximum absolute atomic E-state index is 12.8. The van der Waals surface area contributed by atoms with Crippen LogP contribution in [0.5, 0.6) is 23.0 Å². The molecule has 0 saturated carbocycles. The molecule has 33 heavy (non-hydrogen) atoms. The van der Waals surface area contributed by atoms with Crippen LogP contribution in [0, 0.1) is 0 Å². The van der Waals surface area contributed by atoms with Crippen LogP contribution in [0.4, 0.5) is 5.69 Å². The van der Waals surface area contributed by atoms with E-state index in [2.05, 4.69) is 5.32 Å². The van der Waals surface area contributed by atoms with Gasteiger partial charge in [-0.1, -0.05) is 29.8 Å². The lowest BCUT2D eigenvalue weighted by Crippen LogP contribution is -2.12. The summed E-state index contributed by atoms with van der Waals surface area (Å²) in [7, 11) is 1.58. The van der Waals surface area contributed by atoms with Crippen molar-refractivity contribution >= 4 is 23.2 Å². The predicted molar refractivity (Wildman–Crippen MR) is 130 cm³/mol. The van der Waals surface area contributed by atoms with Crippen molar-refractivity contribution < 1.29 is 19.0 Å². The largest absolute Gasteiger partial charge is 0.496 e. The molecule has 0 unspecified atom stereocenters. The minimum Gasteiger partial charge on any atom is -0.496 e. The molecule has 0 aliphatic rings. The number of rotatable bonds is 8. The van der Waals surface area contributed by atoms with Crippen LogP contribution in [-0.4, -0.2) is 13.0 Å². The fourth-order valence-corrected chi connectivity index (χ4v) is 3.28. The zero-order valence-corrected chi connectivity index (χ0v) is 18.7. The van der Waals surface area contributed by atoms with E-state index >= 15 is 0 Å². The Kier molecular flexibility index (Phi) is 7.12. The lowest BCUT2D eigenvalue weighted by Gasteiger charge is -2.13. The number of nitrogens with one attached hydrogen (secondary N) is 1. The molecule has 5 nitrogen and oxygen atoms in total. The van der Waals surface area contributed by atoms with Gasteiger partial charge in [-0.25, -0.2) is 0 Å². The highest BCUT2D eigenvalue weighted by Gasteiger charge is 2.12. The van der Waals surface area contributed by atoms with Gasteiger partial charge in [0, 0.05) is 21.8 Å². The van der Waals surface area contributed by atoms with Gasteiger partial charge in [0.1, 0.15) is 29.6 Å². The van der Waals surface area contributed by atoms with E-state index < -0.39 is 0 Å². The first-order valence-electron chi connectivity index (χ1n) is 10.3. The van der Waals surface area contributed by atoms with E-state index in [4.69, 9.17) is 25.8 Å². The van der Waals surface area contributed by atoms with Crippen LogP contribution in [0.2, 0.25) is 5.02 Å². The normalized spacial score (nSPS) is 10.4. The van der Waals surface area contributed by atoms with Gasteiger partial charge in [-0.15, -0.1) is 0 Å². The Morgan fingerprint density at radius 2 is 1.48 bits per heavy atom. The first-order chi connectivity index (χ1) is 16.1. The van der Waals surface area contributed by atoms with Crippen LogP contribution >= 0.6 is 11.6 Å². The average molecular weight is 460 g/mol. The van der Waals surface area contributed by atoms with Crippen molar-refractivity contribution in [2.45, 2.75) is 6.61 Å². The predicted octanol–water partition coefficient (Wildman–Crippen LogP) is 6.97. The van der Waals surface area contributed by atoms with Crippen LogP contribution < -0.4 is 19.5 Å². The van der Waals surface area contributed by atoms with E-state index in [1.165, 1.54) is 0 Å². The maximum Gasteiger partial charge on any atom is 0.255 e. The molecule has 1 N–H and O–H groups in total. The second kappa shape index (κ2) is 10.6. The maximum atomic E-state index is 12.8. The first kappa shape index (κ1) is 22.2. The zero-order chi connectivity index (χ0) is 23.0. The number of para-hydroxylation sites is 1. The van der Waals surface area contributed by atoms with Gasteiger partial charge in [0.05, 0.1) is 7.11 Å². The van der Waals surface area contributed by atoms with Gasteiger partial charge >= 0.3 is 0 Å². The summed E-state index contributed by atoms with van der Waals surface area (Å²) in [6.45, 7) is 0.247. The van der Waals surface area contributed by atoms with Crippen LogP contribution in [0.1, 0.15) is 15.9 Å². The Morgan fingerprint density at radius 1 is 0.818 bits per heavy atom. The molecule has 0 saturated heterocycles. The summed E-state index contributed by atoms with van der Waals surface area (Å²) in [5, 5.41) is 3.54. The molecule has 4 aromatic carbocycles. The molecule has 0 aliphatic heterocycles. The molecule has 0 heterocycles. The number of halogens is 1. The standard InChI is InChI=1S/C27H22ClNO4/c1-31-26-16-7-19(17-20(26)18-32-23-12-8-21(28)9-13-23)27(30)29-22-10-14-25(15-11-22)33-24-5-3-2-4-6-24/h2-17H,18H2,1H3,(H,29,30). The van der Waals surface area contributed by atoms with Crippen LogP contribution in [-0.2, 0) is 6.61 Å². The summed E-state index contributed by atoms with van der Waals surface area (Å²) in [6, 6.07) is 29.0. The number of amides is 1. The molecule has 0 atom stereocenters. The lowest BCUT2D eigenvalue weighted by molar-refractivity contribution is 0.102. The summed E-state index contributed by atoms with van der Waals surface area (Å²) in [4.78, 5) is 12.8. The molecule has 0 fully saturated rings. The Hall–Kier alpha value is -3.96. The van der Waals surface area contributed by atoms with Gasteiger partial charge in [0.25, 0.3) is 5.91 Å². The Bertz CT molecular complexity index is 1210. The number of methoxy groups -OCH3 is 1. The third kappa shape index (κ3) is 6.05. The van der Waals surface area contributed by atoms with E-state index in [-0.39, 0.29) is 12.5 Å². The summed E-state index contributed by atoms with van der Waals surface area (Å²) in [5.74, 6) is 2.52. The highest BCUT2D eigenvalue weighted by Crippen LogP contribution is 2.25. The lowest BCUT2D eigenvalue weighted by atomic mass is 10.1. The Labute approximate surface area is 197 Å². The van der Waals surface area contributed by atoms with Gasteiger partial charge in [0.15, 0.2) is 0 Å². The van der Waals surface area contributed by atoms with E-state index in [9.17, 15) is 4.79 Å². The molecule has 4 rings (SSSR count).